The molecular weight excluding hydrogens is 335 g/mol. The van der Waals surface area contributed by atoms with Gasteiger partial charge < -0.3 is 9.31 Å². The van der Waals surface area contributed by atoms with E-state index in [9.17, 15) is 9.59 Å². The van der Waals surface area contributed by atoms with E-state index < -0.39 is 18.3 Å². The van der Waals surface area contributed by atoms with E-state index in [0.29, 0.717) is 11.3 Å². The van der Waals surface area contributed by atoms with Gasteiger partial charge in [0.1, 0.15) is 0 Å². The van der Waals surface area contributed by atoms with Crippen molar-refractivity contribution in [2.75, 3.05) is 5.75 Å². The number of carbonyl (C=O) groups is 2. The highest BCUT2D eigenvalue weighted by atomic mass is 32.2. The lowest BCUT2D eigenvalue weighted by atomic mass is 9.78. The van der Waals surface area contributed by atoms with Crippen LogP contribution < -0.4 is 0 Å². The van der Waals surface area contributed by atoms with Gasteiger partial charge in [-0.05, 0) is 51.7 Å². The highest BCUT2D eigenvalue weighted by Crippen LogP contribution is 2.39. The van der Waals surface area contributed by atoms with Gasteiger partial charge in [0, 0.05) is 18.2 Å². The van der Waals surface area contributed by atoms with Crippen LogP contribution in [-0.4, -0.2) is 35.0 Å². The van der Waals surface area contributed by atoms with Crippen LogP contribution in [0, 0.1) is 0 Å². The summed E-state index contributed by atoms with van der Waals surface area (Å²) >= 11 is 1.22. The normalized spacial score (nSPS) is 19.1. The highest BCUT2D eigenvalue weighted by molar-refractivity contribution is 8.13. The minimum absolute atomic E-state index is 0.0190. The van der Waals surface area contributed by atoms with Gasteiger partial charge in [-0.3, -0.25) is 9.59 Å². The molecule has 1 aliphatic heterocycles. The first-order valence-corrected chi connectivity index (χ1v) is 9.31. The monoisotopic (exact) mass is 360 g/mol. The van der Waals surface area contributed by atoms with Crippen LogP contribution in [0.4, 0.5) is 0 Å². The lowest BCUT2D eigenvalue weighted by Crippen LogP contribution is -2.41. The number of Topliss-reactive ketones (excluding diaryl/α,β-unsaturated/α-hetero) is 1. The minimum atomic E-state index is -0.516. The molecule has 2 rings (SSSR count). The molecule has 0 aliphatic carbocycles. The second-order valence-corrected chi connectivity index (χ2v) is 8.42. The van der Waals surface area contributed by atoms with Crippen molar-refractivity contribution in [1.82, 2.24) is 0 Å². The van der Waals surface area contributed by atoms with Crippen molar-refractivity contribution in [1.29, 1.82) is 0 Å². The summed E-state index contributed by atoms with van der Waals surface area (Å²) in [6.07, 6.45) is 1.95. The van der Waals surface area contributed by atoms with Gasteiger partial charge in [0.2, 0.25) is 0 Å². The molecule has 1 aromatic rings. The summed E-state index contributed by atoms with van der Waals surface area (Å²) < 4.78 is 12.3. The molecule has 0 amide bonds. The fourth-order valence-electron chi connectivity index (χ4n) is 2.42. The van der Waals surface area contributed by atoms with E-state index in [2.05, 4.69) is 0 Å². The Labute approximate surface area is 154 Å². The largest absolute Gasteiger partial charge is 0.491 e. The molecule has 1 fully saturated rings. The summed E-state index contributed by atoms with van der Waals surface area (Å²) in [5.74, 6) is 0.502. The first-order chi connectivity index (χ1) is 11.5. The van der Waals surface area contributed by atoms with E-state index in [1.54, 1.807) is 19.9 Å². The zero-order valence-electron chi connectivity index (χ0n) is 15.7. The van der Waals surface area contributed by atoms with Gasteiger partial charge in [-0.15, -0.1) is 0 Å². The van der Waals surface area contributed by atoms with Gasteiger partial charge in [0.05, 0.1) is 11.2 Å². The number of carbonyl (C=O) groups excluding carboxylic acids is 2. The third kappa shape index (κ3) is 4.84. The van der Waals surface area contributed by atoms with E-state index in [-0.39, 0.29) is 10.9 Å². The maximum absolute atomic E-state index is 11.6. The van der Waals surface area contributed by atoms with Crippen LogP contribution in [0.25, 0.3) is 6.08 Å². The molecule has 4 nitrogen and oxygen atoms in total. The predicted octanol–water partition coefficient (Wildman–Crippen LogP) is 4.18. The zero-order valence-corrected chi connectivity index (χ0v) is 16.5. The van der Waals surface area contributed by atoms with Crippen LogP contribution in [-0.2, 0) is 14.1 Å². The smallest absolute Gasteiger partial charge is 0.400 e. The number of benzene rings is 1. The predicted molar refractivity (Wildman–Crippen MR) is 104 cm³/mol. The molecular formula is C19H25BO4S. The zero-order chi connectivity index (χ0) is 18.8. The van der Waals surface area contributed by atoms with Gasteiger partial charge >= 0.3 is 7.12 Å². The lowest BCUT2D eigenvalue weighted by Gasteiger charge is -2.32. The summed E-state index contributed by atoms with van der Waals surface area (Å²) in [6.45, 7) is 11.1. The van der Waals surface area contributed by atoms with Crippen molar-refractivity contribution >= 4 is 35.9 Å². The second-order valence-electron chi connectivity index (χ2n) is 7.27. The van der Waals surface area contributed by atoms with Crippen LogP contribution in [0.1, 0.15) is 57.5 Å². The summed E-state index contributed by atoms with van der Waals surface area (Å²) in [5.41, 5.74) is 1.53. The van der Waals surface area contributed by atoms with E-state index in [4.69, 9.17) is 9.31 Å². The van der Waals surface area contributed by atoms with Crippen molar-refractivity contribution in [3.63, 3.8) is 0 Å². The summed E-state index contributed by atoms with van der Waals surface area (Å²) in [6, 6.07) is 7.41. The number of rotatable bonds is 5. The molecule has 0 N–H and O–H groups in total. The molecule has 0 unspecified atom stereocenters. The van der Waals surface area contributed by atoms with Crippen molar-refractivity contribution in [2.45, 2.75) is 52.7 Å². The third-order valence-electron chi connectivity index (χ3n) is 4.64. The Morgan fingerprint density at radius 3 is 2.24 bits per heavy atom. The number of hydrogen-bond acceptors (Lipinski definition) is 5. The van der Waals surface area contributed by atoms with Gasteiger partial charge in [-0.1, -0.05) is 36.0 Å². The maximum atomic E-state index is 11.6. The molecule has 0 aromatic heterocycles. The Kier molecular flexibility index (Phi) is 5.97. The standard InChI is InChI=1S/C19H25BO4S/c1-13(21)16-9-7-8-15(10-16)11-17(12-25-14(2)22)20-23-18(3,4)19(5,6)24-20/h7-11H,12H2,1-6H3. The van der Waals surface area contributed by atoms with E-state index in [0.717, 1.165) is 11.0 Å². The quantitative estimate of drug-likeness (QED) is 0.582. The Morgan fingerprint density at radius 1 is 1.12 bits per heavy atom. The fraction of sp³-hybridized carbons (Fsp3) is 0.474. The molecule has 1 saturated heterocycles. The summed E-state index contributed by atoms with van der Waals surface area (Å²) in [7, 11) is -0.516. The van der Waals surface area contributed by atoms with E-state index >= 15 is 0 Å². The minimum Gasteiger partial charge on any atom is -0.400 e. The molecule has 25 heavy (non-hydrogen) atoms. The highest BCUT2D eigenvalue weighted by Gasteiger charge is 2.52. The molecule has 1 aromatic carbocycles. The van der Waals surface area contributed by atoms with Gasteiger partial charge in [-0.2, -0.15) is 0 Å². The first kappa shape index (κ1) is 20.0. The Hall–Kier alpha value is -1.37. The van der Waals surface area contributed by atoms with Crippen molar-refractivity contribution in [3.05, 3.63) is 40.9 Å². The molecule has 134 valence electrons. The average Bonchev–Trinajstić information content (AvgIpc) is 2.71. The molecule has 1 aliphatic rings. The average molecular weight is 360 g/mol. The van der Waals surface area contributed by atoms with Crippen LogP contribution in [0.5, 0.6) is 0 Å². The van der Waals surface area contributed by atoms with Crippen LogP contribution in [0.2, 0.25) is 0 Å². The van der Waals surface area contributed by atoms with Crippen LogP contribution in [0.15, 0.2) is 29.7 Å². The van der Waals surface area contributed by atoms with Crippen molar-refractivity contribution in [2.24, 2.45) is 0 Å². The second kappa shape index (κ2) is 7.48. The summed E-state index contributed by atoms with van der Waals surface area (Å²) in [5, 5.41) is 0.0416. The lowest BCUT2D eigenvalue weighted by molar-refractivity contribution is -0.109. The molecule has 0 radical (unpaired) electrons. The number of thioether (sulfide) groups is 1. The third-order valence-corrected chi connectivity index (χ3v) is 5.53. The molecule has 1 heterocycles. The van der Waals surface area contributed by atoms with Crippen LogP contribution >= 0.6 is 11.8 Å². The van der Waals surface area contributed by atoms with Gasteiger partial charge in [0.15, 0.2) is 10.9 Å². The Balaban J connectivity index is 2.35. The first-order valence-electron chi connectivity index (χ1n) is 8.32. The molecule has 0 bridgehead atoms. The Morgan fingerprint density at radius 2 is 1.72 bits per heavy atom. The summed E-state index contributed by atoms with van der Waals surface area (Å²) in [4.78, 5) is 23.0. The number of hydrogen-bond donors (Lipinski definition) is 0. The molecule has 0 spiro atoms. The van der Waals surface area contributed by atoms with Crippen molar-refractivity contribution < 1.29 is 18.9 Å². The Bertz CT molecular complexity index is 693. The molecule has 0 atom stereocenters. The molecule has 6 heteroatoms. The van der Waals surface area contributed by atoms with E-state index in [1.807, 2.05) is 52.0 Å². The maximum Gasteiger partial charge on any atom is 0.491 e. The van der Waals surface area contributed by atoms with Crippen molar-refractivity contribution in [3.8, 4) is 0 Å². The van der Waals surface area contributed by atoms with Gasteiger partial charge in [0.25, 0.3) is 0 Å². The topological polar surface area (TPSA) is 52.6 Å². The fourth-order valence-corrected chi connectivity index (χ4v) is 3.01. The van der Waals surface area contributed by atoms with E-state index in [1.165, 1.54) is 11.8 Å². The SMILES string of the molecule is CC(=O)SCC(=Cc1cccc(C(C)=O)c1)B1OC(C)(C)C(C)(C)O1. The van der Waals surface area contributed by atoms with Crippen LogP contribution in [0.3, 0.4) is 0 Å². The molecule has 0 saturated carbocycles. The number of ketones is 1. The van der Waals surface area contributed by atoms with Gasteiger partial charge in [-0.25, -0.2) is 0 Å².